The summed E-state index contributed by atoms with van der Waals surface area (Å²) in [5, 5.41) is 3.16. The third-order valence-electron chi connectivity index (χ3n) is 5.42. The quantitative estimate of drug-likeness (QED) is 0.760. The highest BCUT2D eigenvalue weighted by Crippen LogP contribution is 2.26. The number of likely N-dealkylation sites (N-methyl/N-ethyl adjacent to an activating group) is 1. The molecular formula is C23H24N4O. The number of amides is 1. The van der Waals surface area contributed by atoms with Crippen molar-refractivity contribution >= 4 is 11.7 Å². The average molecular weight is 372 g/mol. The number of aromatic nitrogens is 2. The Morgan fingerprint density at radius 1 is 1.11 bits per heavy atom. The number of anilines is 1. The average Bonchev–Trinajstić information content (AvgIpc) is 3.09. The fraction of sp³-hybridized carbons (Fsp3) is 0.261. The van der Waals surface area contributed by atoms with Crippen LogP contribution in [0.25, 0.3) is 0 Å². The Balaban J connectivity index is 1.67. The highest BCUT2D eigenvalue weighted by molar-refractivity contribution is 5.93. The molecule has 5 nitrogen and oxygen atoms in total. The van der Waals surface area contributed by atoms with Crippen LogP contribution in [0.15, 0.2) is 54.9 Å². The molecule has 0 spiro atoms. The van der Waals surface area contributed by atoms with Gasteiger partial charge in [0.1, 0.15) is 11.5 Å². The van der Waals surface area contributed by atoms with Crippen molar-refractivity contribution in [2.75, 3.05) is 18.5 Å². The topological polar surface area (TPSA) is 58.1 Å². The van der Waals surface area contributed by atoms with Crippen LogP contribution >= 0.6 is 0 Å². The van der Waals surface area contributed by atoms with E-state index in [0.29, 0.717) is 5.69 Å². The molecule has 0 aliphatic carbocycles. The Kier molecular flexibility index (Phi) is 4.82. The molecule has 1 aliphatic heterocycles. The number of aryl methyl sites for hydroxylation is 2. The SMILES string of the molecule is Cc1ccc(C(NC(=O)c2ccc3c(n2)N(C)CC3)c2cccnc2)cc1C. The second-order valence-electron chi connectivity index (χ2n) is 7.39. The van der Waals surface area contributed by atoms with Gasteiger partial charge in [-0.15, -0.1) is 0 Å². The minimum absolute atomic E-state index is 0.185. The van der Waals surface area contributed by atoms with Crippen LogP contribution < -0.4 is 10.2 Å². The molecule has 0 bridgehead atoms. The Morgan fingerprint density at radius 2 is 1.96 bits per heavy atom. The van der Waals surface area contributed by atoms with E-state index in [2.05, 4.69) is 52.2 Å². The molecule has 4 rings (SSSR count). The summed E-state index contributed by atoms with van der Waals surface area (Å²) in [4.78, 5) is 24.0. The third kappa shape index (κ3) is 3.48. The fourth-order valence-electron chi connectivity index (χ4n) is 3.58. The van der Waals surface area contributed by atoms with Crippen LogP contribution in [0.1, 0.15) is 44.3 Å². The lowest BCUT2D eigenvalue weighted by molar-refractivity contribution is 0.0938. The van der Waals surface area contributed by atoms with E-state index in [1.807, 2.05) is 31.3 Å². The zero-order valence-electron chi connectivity index (χ0n) is 16.4. The number of benzene rings is 1. The minimum atomic E-state index is -0.284. The molecule has 1 amide bonds. The minimum Gasteiger partial charge on any atom is -0.359 e. The van der Waals surface area contributed by atoms with Crippen LogP contribution in [-0.2, 0) is 6.42 Å². The molecule has 1 unspecified atom stereocenters. The van der Waals surface area contributed by atoms with Crippen molar-refractivity contribution in [2.24, 2.45) is 0 Å². The van der Waals surface area contributed by atoms with E-state index < -0.39 is 0 Å². The number of hydrogen-bond acceptors (Lipinski definition) is 4. The largest absolute Gasteiger partial charge is 0.359 e. The van der Waals surface area contributed by atoms with Crippen molar-refractivity contribution in [2.45, 2.75) is 26.3 Å². The number of hydrogen-bond donors (Lipinski definition) is 1. The van der Waals surface area contributed by atoms with E-state index in [-0.39, 0.29) is 11.9 Å². The van der Waals surface area contributed by atoms with Crippen LogP contribution in [0, 0.1) is 13.8 Å². The Labute approximate surface area is 165 Å². The Bertz CT molecular complexity index is 1020. The molecule has 2 aromatic heterocycles. The summed E-state index contributed by atoms with van der Waals surface area (Å²) in [5.41, 5.74) is 6.02. The zero-order valence-corrected chi connectivity index (χ0v) is 16.4. The molecule has 0 saturated heterocycles. The van der Waals surface area contributed by atoms with Gasteiger partial charge < -0.3 is 10.2 Å². The second-order valence-corrected chi connectivity index (χ2v) is 7.39. The molecule has 3 aromatic rings. The molecule has 3 heterocycles. The van der Waals surface area contributed by atoms with E-state index in [4.69, 9.17) is 0 Å². The fourth-order valence-corrected chi connectivity index (χ4v) is 3.58. The summed E-state index contributed by atoms with van der Waals surface area (Å²) in [6, 6.07) is 13.7. The van der Waals surface area contributed by atoms with Gasteiger partial charge in [0, 0.05) is 26.0 Å². The number of carbonyl (C=O) groups is 1. The van der Waals surface area contributed by atoms with E-state index in [0.717, 1.165) is 29.9 Å². The van der Waals surface area contributed by atoms with Crippen molar-refractivity contribution in [3.8, 4) is 0 Å². The number of nitrogens with zero attached hydrogens (tertiary/aromatic N) is 3. The predicted octanol–water partition coefficient (Wildman–Crippen LogP) is 3.61. The summed E-state index contributed by atoms with van der Waals surface area (Å²) in [7, 11) is 2.01. The number of fused-ring (bicyclic) bond motifs is 1. The van der Waals surface area contributed by atoms with Gasteiger partial charge in [-0.25, -0.2) is 4.98 Å². The highest BCUT2D eigenvalue weighted by atomic mass is 16.1. The van der Waals surface area contributed by atoms with Gasteiger partial charge in [-0.3, -0.25) is 9.78 Å². The van der Waals surface area contributed by atoms with Crippen LogP contribution in [0.5, 0.6) is 0 Å². The van der Waals surface area contributed by atoms with E-state index >= 15 is 0 Å². The maximum atomic E-state index is 13.0. The van der Waals surface area contributed by atoms with Gasteiger partial charge in [-0.1, -0.05) is 30.3 Å². The number of carbonyl (C=O) groups excluding carboxylic acids is 1. The maximum Gasteiger partial charge on any atom is 0.270 e. The van der Waals surface area contributed by atoms with Crippen LogP contribution in [0.4, 0.5) is 5.82 Å². The van der Waals surface area contributed by atoms with Crippen LogP contribution in [0.2, 0.25) is 0 Å². The van der Waals surface area contributed by atoms with Gasteiger partial charge in [-0.2, -0.15) is 0 Å². The Morgan fingerprint density at radius 3 is 2.71 bits per heavy atom. The molecule has 1 aromatic carbocycles. The first-order chi connectivity index (χ1) is 13.5. The predicted molar refractivity (Wildman–Crippen MR) is 111 cm³/mol. The lowest BCUT2D eigenvalue weighted by Gasteiger charge is -2.21. The number of pyridine rings is 2. The molecule has 1 N–H and O–H groups in total. The summed E-state index contributed by atoms with van der Waals surface area (Å²) in [6.45, 7) is 5.11. The highest BCUT2D eigenvalue weighted by Gasteiger charge is 2.22. The summed E-state index contributed by atoms with van der Waals surface area (Å²) in [6.07, 6.45) is 4.51. The molecule has 1 aliphatic rings. The molecule has 0 radical (unpaired) electrons. The van der Waals surface area contributed by atoms with Crippen molar-refractivity contribution in [3.63, 3.8) is 0 Å². The standard InChI is InChI=1S/C23H24N4O/c1-15-6-7-18(13-16(15)2)21(19-5-4-11-24-14-19)26-23(28)20-9-8-17-10-12-27(3)22(17)25-20/h4-9,11,13-14,21H,10,12H2,1-3H3,(H,26,28). The first kappa shape index (κ1) is 18.2. The third-order valence-corrected chi connectivity index (χ3v) is 5.42. The molecular weight excluding hydrogens is 348 g/mol. The van der Waals surface area contributed by atoms with Crippen molar-refractivity contribution in [1.29, 1.82) is 0 Å². The normalized spacial score (nSPS) is 13.9. The van der Waals surface area contributed by atoms with Gasteiger partial charge in [0.25, 0.3) is 5.91 Å². The zero-order chi connectivity index (χ0) is 19.7. The van der Waals surface area contributed by atoms with Crippen molar-refractivity contribution < 1.29 is 4.79 Å². The monoisotopic (exact) mass is 372 g/mol. The summed E-state index contributed by atoms with van der Waals surface area (Å²) < 4.78 is 0. The molecule has 142 valence electrons. The molecule has 0 fully saturated rings. The van der Waals surface area contributed by atoms with Gasteiger partial charge in [0.05, 0.1) is 6.04 Å². The second kappa shape index (κ2) is 7.43. The molecule has 0 saturated carbocycles. The van der Waals surface area contributed by atoms with Crippen molar-refractivity contribution in [1.82, 2.24) is 15.3 Å². The first-order valence-corrected chi connectivity index (χ1v) is 9.52. The first-order valence-electron chi connectivity index (χ1n) is 9.52. The smallest absolute Gasteiger partial charge is 0.270 e. The molecule has 1 atom stereocenters. The van der Waals surface area contributed by atoms with Crippen LogP contribution in [0.3, 0.4) is 0 Å². The van der Waals surface area contributed by atoms with Gasteiger partial charge in [0.2, 0.25) is 0 Å². The number of nitrogens with one attached hydrogen (secondary N) is 1. The van der Waals surface area contributed by atoms with E-state index in [9.17, 15) is 4.79 Å². The van der Waals surface area contributed by atoms with Gasteiger partial charge in [-0.05, 0) is 60.2 Å². The van der Waals surface area contributed by atoms with E-state index in [1.54, 1.807) is 12.4 Å². The van der Waals surface area contributed by atoms with E-state index in [1.165, 1.54) is 16.7 Å². The van der Waals surface area contributed by atoms with Crippen molar-refractivity contribution in [3.05, 3.63) is 88.4 Å². The lowest BCUT2D eigenvalue weighted by atomic mass is 9.96. The summed E-state index contributed by atoms with van der Waals surface area (Å²) in [5.74, 6) is 0.715. The molecule has 5 heteroatoms. The molecule has 28 heavy (non-hydrogen) atoms. The van der Waals surface area contributed by atoms with Gasteiger partial charge >= 0.3 is 0 Å². The Hall–Kier alpha value is -3.21. The van der Waals surface area contributed by atoms with Gasteiger partial charge in [0.15, 0.2) is 0 Å². The lowest BCUT2D eigenvalue weighted by Crippen LogP contribution is -2.30. The van der Waals surface area contributed by atoms with Crippen LogP contribution in [-0.4, -0.2) is 29.5 Å². The summed E-state index contributed by atoms with van der Waals surface area (Å²) >= 11 is 0. The number of rotatable bonds is 4. The maximum absolute atomic E-state index is 13.0.